The summed E-state index contributed by atoms with van der Waals surface area (Å²) in [4.78, 5) is 7.65. The summed E-state index contributed by atoms with van der Waals surface area (Å²) in [6.45, 7) is 0.451. The summed E-state index contributed by atoms with van der Waals surface area (Å²) in [6, 6.07) is 0. The zero-order chi connectivity index (χ0) is 13.1. The normalized spacial score (nSPS) is 11.6. The van der Waals surface area contributed by atoms with E-state index >= 15 is 0 Å². The fourth-order valence-corrected chi connectivity index (χ4v) is 1.34. The fourth-order valence-electron chi connectivity index (χ4n) is 1.34. The van der Waals surface area contributed by atoms with Gasteiger partial charge in [0.1, 0.15) is 6.54 Å². The number of aromatic nitrogens is 2. The van der Waals surface area contributed by atoms with Crippen LogP contribution in [0.1, 0.15) is 13.3 Å². The van der Waals surface area contributed by atoms with Gasteiger partial charge in [0.2, 0.25) is 5.95 Å². The number of halogens is 4. The topological polar surface area (TPSA) is 55.0 Å². The van der Waals surface area contributed by atoms with E-state index in [9.17, 15) is 17.6 Å². The van der Waals surface area contributed by atoms with E-state index in [1.165, 1.54) is 0 Å². The van der Waals surface area contributed by atoms with Crippen molar-refractivity contribution < 1.29 is 17.6 Å². The van der Waals surface area contributed by atoms with Gasteiger partial charge in [0.15, 0.2) is 11.6 Å². The standard InChI is InChI=1S/C9H12F4N4/c1-2-3-17(5-9(11,12)13)7-6(10)4-15-8(14)16-7/h4H,2-3,5H2,1H3,(H2,14,15,16). The zero-order valence-corrected chi connectivity index (χ0v) is 9.13. The van der Waals surface area contributed by atoms with E-state index in [0.29, 0.717) is 6.42 Å². The van der Waals surface area contributed by atoms with Crippen molar-refractivity contribution in [3.05, 3.63) is 12.0 Å². The molecule has 0 aliphatic rings. The van der Waals surface area contributed by atoms with E-state index in [1.807, 2.05) is 0 Å². The van der Waals surface area contributed by atoms with Gasteiger partial charge in [-0.25, -0.2) is 9.37 Å². The largest absolute Gasteiger partial charge is 0.405 e. The van der Waals surface area contributed by atoms with Gasteiger partial charge in [-0.1, -0.05) is 6.92 Å². The monoisotopic (exact) mass is 252 g/mol. The second kappa shape index (κ2) is 5.15. The van der Waals surface area contributed by atoms with Crippen molar-refractivity contribution in [2.45, 2.75) is 19.5 Å². The van der Waals surface area contributed by atoms with Crippen molar-refractivity contribution in [3.63, 3.8) is 0 Å². The molecule has 0 aliphatic carbocycles. The van der Waals surface area contributed by atoms with Gasteiger partial charge >= 0.3 is 6.18 Å². The van der Waals surface area contributed by atoms with E-state index in [0.717, 1.165) is 11.1 Å². The third-order valence-corrected chi connectivity index (χ3v) is 1.91. The lowest BCUT2D eigenvalue weighted by molar-refractivity contribution is -0.119. The first-order valence-corrected chi connectivity index (χ1v) is 4.93. The number of alkyl halides is 3. The number of nitrogens with zero attached hydrogens (tertiary/aromatic N) is 3. The Morgan fingerprint density at radius 2 is 2.06 bits per heavy atom. The first-order valence-electron chi connectivity index (χ1n) is 4.93. The molecule has 2 N–H and O–H groups in total. The van der Waals surface area contributed by atoms with Gasteiger partial charge in [0.25, 0.3) is 0 Å². The summed E-state index contributed by atoms with van der Waals surface area (Å²) in [6.07, 6.45) is -3.24. The Bertz CT molecular complexity index is 380. The van der Waals surface area contributed by atoms with Crippen LogP contribution in [-0.4, -0.2) is 29.2 Å². The molecule has 0 amide bonds. The highest BCUT2D eigenvalue weighted by atomic mass is 19.4. The van der Waals surface area contributed by atoms with Crippen LogP contribution in [0.25, 0.3) is 0 Å². The number of hydrogen-bond acceptors (Lipinski definition) is 4. The van der Waals surface area contributed by atoms with Crippen LogP contribution in [0.15, 0.2) is 6.20 Å². The number of nitrogens with two attached hydrogens (primary N) is 1. The molecule has 0 atom stereocenters. The molecule has 1 heterocycles. The van der Waals surface area contributed by atoms with E-state index in [1.54, 1.807) is 6.92 Å². The third-order valence-electron chi connectivity index (χ3n) is 1.91. The van der Waals surface area contributed by atoms with E-state index in [2.05, 4.69) is 9.97 Å². The van der Waals surface area contributed by atoms with Gasteiger partial charge in [0.05, 0.1) is 6.20 Å². The van der Waals surface area contributed by atoms with Crippen LogP contribution in [0.3, 0.4) is 0 Å². The van der Waals surface area contributed by atoms with E-state index < -0.39 is 24.4 Å². The lowest BCUT2D eigenvalue weighted by Gasteiger charge is -2.24. The lowest BCUT2D eigenvalue weighted by atomic mass is 10.3. The quantitative estimate of drug-likeness (QED) is 0.832. The first-order chi connectivity index (χ1) is 7.83. The molecule has 8 heteroatoms. The Labute approximate surface area is 95.5 Å². The molecule has 0 aromatic carbocycles. The summed E-state index contributed by atoms with van der Waals surface area (Å²) in [5.74, 6) is -1.60. The number of rotatable bonds is 4. The predicted molar refractivity (Wildman–Crippen MR) is 55.0 cm³/mol. The molecule has 0 unspecified atom stereocenters. The van der Waals surface area contributed by atoms with Crippen molar-refractivity contribution >= 4 is 11.8 Å². The Morgan fingerprint density at radius 1 is 1.41 bits per heavy atom. The number of nitrogen functional groups attached to an aromatic ring is 1. The molecule has 0 fully saturated rings. The van der Waals surface area contributed by atoms with Crippen LogP contribution < -0.4 is 10.6 Å². The molecule has 0 bridgehead atoms. The number of anilines is 2. The summed E-state index contributed by atoms with van der Waals surface area (Å²) in [5, 5.41) is 0. The second-order valence-electron chi connectivity index (χ2n) is 3.44. The van der Waals surface area contributed by atoms with Crippen molar-refractivity contribution in [1.29, 1.82) is 0 Å². The van der Waals surface area contributed by atoms with E-state index in [-0.39, 0.29) is 12.5 Å². The molecule has 1 aromatic heterocycles. The highest BCUT2D eigenvalue weighted by Gasteiger charge is 2.32. The SMILES string of the molecule is CCCN(CC(F)(F)F)c1nc(N)ncc1F. The van der Waals surface area contributed by atoms with Crippen LogP contribution in [0.2, 0.25) is 0 Å². The van der Waals surface area contributed by atoms with Crippen LogP contribution in [0.5, 0.6) is 0 Å². The van der Waals surface area contributed by atoms with Crippen molar-refractivity contribution in [2.75, 3.05) is 23.7 Å². The maximum atomic E-state index is 13.3. The van der Waals surface area contributed by atoms with Gasteiger partial charge in [0, 0.05) is 6.54 Å². The van der Waals surface area contributed by atoms with Gasteiger partial charge in [-0.3, -0.25) is 0 Å². The molecule has 1 aromatic rings. The molecule has 1 rings (SSSR count). The summed E-state index contributed by atoms with van der Waals surface area (Å²) in [7, 11) is 0. The fraction of sp³-hybridized carbons (Fsp3) is 0.556. The molecule has 0 aliphatic heterocycles. The van der Waals surface area contributed by atoms with Gasteiger partial charge in [-0.2, -0.15) is 18.2 Å². The summed E-state index contributed by atoms with van der Waals surface area (Å²) < 4.78 is 50.3. The average Bonchev–Trinajstić information content (AvgIpc) is 2.19. The van der Waals surface area contributed by atoms with Gasteiger partial charge in [-0.15, -0.1) is 0 Å². The Hall–Kier alpha value is -1.60. The highest BCUT2D eigenvalue weighted by Crippen LogP contribution is 2.23. The first kappa shape index (κ1) is 13.5. The molecular weight excluding hydrogens is 240 g/mol. The Morgan fingerprint density at radius 3 is 2.59 bits per heavy atom. The molecule has 0 radical (unpaired) electrons. The maximum absolute atomic E-state index is 13.3. The van der Waals surface area contributed by atoms with Gasteiger partial charge in [-0.05, 0) is 6.42 Å². The van der Waals surface area contributed by atoms with Gasteiger partial charge < -0.3 is 10.6 Å². The molecule has 0 spiro atoms. The third kappa shape index (κ3) is 4.04. The van der Waals surface area contributed by atoms with Crippen molar-refractivity contribution in [1.82, 2.24) is 9.97 Å². The lowest BCUT2D eigenvalue weighted by Crippen LogP contribution is -2.36. The molecule has 17 heavy (non-hydrogen) atoms. The minimum atomic E-state index is -4.43. The second-order valence-corrected chi connectivity index (χ2v) is 3.44. The molecule has 4 nitrogen and oxygen atoms in total. The summed E-state index contributed by atoms with van der Waals surface area (Å²) in [5.41, 5.74) is 5.23. The minimum Gasteiger partial charge on any atom is -0.368 e. The van der Waals surface area contributed by atoms with Crippen LogP contribution >= 0.6 is 0 Å². The maximum Gasteiger partial charge on any atom is 0.405 e. The van der Waals surface area contributed by atoms with Crippen molar-refractivity contribution in [3.8, 4) is 0 Å². The van der Waals surface area contributed by atoms with Crippen molar-refractivity contribution in [2.24, 2.45) is 0 Å². The van der Waals surface area contributed by atoms with Crippen LogP contribution in [0, 0.1) is 5.82 Å². The predicted octanol–water partition coefficient (Wildman–Crippen LogP) is 1.98. The minimum absolute atomic E-state index is 0.0346. The molecule has 96 valence electrons. The summed E-state index contributed by atoms with van der Waals surface area (Å²) >= 11 is 0. The van der Waals surface area contributed by atoms with E-state index in [4.69, 9.17) is 5.73 Å². The number of hydrogen-bond donors (Lipinski definition) is 1. The molecule has 0 saturated carbocycles. The smallest absolute Gasteiger partial charge is 0.368 e. The zero-order valence-electron chi connectivity index (χ0n) is 9.13. The Balaban J connectivity index is 3.00. The molecule has 0 saturated heterocycles. The average molecular weight is 252 g/mol. The van der Waals surface area contributed by atoms with Crippen LogP contribution in [-0.2, 0) is 0 Å². The Kier molecular flexibility index (Phi) is 4.08. The highest BCUT2D eigenvalue weighted by molar-refractivity contribution is 5.42. The molecular formula is C9H12F4N4. The van der Waals surface area contributed by atoms with Crippen LogP contribution in [0.4, 0.5) is 29.3 Å².